The Morgan fingerprint density at radius 3 is 2.55 bits per heavy atom. The first-order valence-corrected chi connectivity index (χ1v) is 10.8. The number of esters is 1. The molecular weight excluding hydrogens is 428 g/mol. The van der Waals surface area contributed by atoms with Gasteiger partial charge in [0.05, 0.1) is 31.9 Å². The number of aromatic carboxylic acids is 1. The van der Waals surface area contributed by atoms with Crippen molar-refractivity contribution in [2.45, 2.75) is 31.8 Å². The molecular formula is C24H26N2O7. The molecule has 1 atom stereocenters. The first kappa shape index (κ1) is 22.4. The van der Waals surface area contributed by atoms with Crippen molar-refractivity contribution < 1.29 is 33.7 Å². The molecule has 174 valence electrons. The van der Waals surface area contributed by atoms with Crippen LogP contribution in [0.25, 0.3) is 0 Å². The van der Waals surface area contributed by atoms with E-state index in [2.05, 4.69) is 10.2 Å². The fraction of sp³-hybridized carbons (Fsp3) is 0.375. The largest absolute Gasteiger partial charge is 0.493 e. The molecule has 2 aromatic rings. The summed E-state index contributed by atoms with van der Waals surface area (Å²) in [4.78, 5) is 39.0. The van der Waals surface area contributed by atoms with Gasteiger partial charge in [0.15, 0.2) is 11.5 Å². The Hall–Kier alpha value is -3.75. The van der Waals surface area contributed by atoms with E-state index in [1.165, 1.54) is 20.3 Å². The molecule has 0 spiro atoms. The molecule has 33 heavy (non-hydrogen) atoms. The number of fused-ring (bicyclic) bond motifs is 1. The Balaban J connectivity index is 1.50. The number of rotatable bonds is 7. The van der Waals surface area contributed by atoms with E-state index in [-0.39, 0.29) is 23.3 Å². The van der Waals surface area contributed by atoms with E-state index < -0.39 is 23.9 Å². The SMILES string of the molecule is COc1ccc2c(c1OC)C(=O)O[C@H]2CC(=O)Nc1ccc(N2CCCCC2)c(C(=O)O)c1. The minimum absolute atomic E-state index is 0.121. The Kier molecular flexibility index (Phi) is 6.39. The molecule has 0 radical (unpaired) electrons. The molecule has 1 saturated heterocycles. The molecule has 2 N–H and O–H groups in total. The second-order valence-corrected chi connectivity index (χ2v) is 8.00. The predicted molar refractivity (Wildman–Crippen MR) is 120 cm³/mol. The Bertz CT molecular complexity index is 1090. The number of nitrogens with one attached hydrogen (secondary N) is 1. The molecule has 2 aromatic carbocycles. The number of piperidine rings is 1. The minimum atomic E-state index is -1.05. The first-order chi connectivity index (χ1) is 15.9. The fourth-order valence-electron chi connectivity index (χ4n) is 4.40. The molecule has 9 nitrogen and oxygen atoms in total. The van der Waals surface area contributed by atoms with Crippen LogP contribution in [0.2, 0.25) is 0 Å². The van der Waals surface area contributed by atoms with Crippen molar-refractivity contribution >= 4 is 29.2 Å². The maximum Gasteiger partial charge on any atom is 0.343 e. The zero-order valence-electron chi connectivity index (χ0n) is 18.6. The van der Waals surface area contributed by atoms with E-state index in [9.17, 15) is 19.5 Å². The van der Waals surface area contributed by atoms with Crippen molar-refractivity contribution in [3.8, 4) is 11.5 Å². The van der Waals surface area contributed by atoms with Crippen LogP contribution in [-0.2, 0) is 9.53 Å². The highest BCUT2D eigenvalue weighted by Crippen LogP contribution is 2.43. The Morgan fingerprint density at radius 2 is 1.88 bits per heavy atom. The normalized spacial score (nSPS) is 17.2. The van der Waals surface area contributed by atoms with E-state index in [1.807, 2.05) is 0 Å². The summed E-state index contributed by atoms with van der Waals surface area (Å²) in [5.41, 5.74) is 1.95. The van der Waals surface area contributed by atoms with Crippen LogP contribution in [0.15, 0.2) is 30.3 Å². The van der Waals surface area contributed by atoms with Crippen molar-refractivity contribution in [1.29, 1.82) is 0 Å². The van der Waals surface area contributed by atoms with Gasteiger partial charge in [-0.15, -0.1) is 0 Å². The third-order valence-corrected chi connectivity index (χ3v) is 5.96. The topological polar surface area (TPSA) is 114 Å². The number of carbonyl (C=O) groups excluding carboxylic acids is 2. The lowest BCUT2D eigenvalue weighted by Crippen LogP contribution is -2.30. The third kappa shape index (κ3) is 4.44. The van der Waals surface area contributed by atoms with Crippen molar-refractivity contribution in [3.63, 3.8) is 0 Å². The number of ether oxygens (including phenoxy) is 3. The summed E-state index contributed by atoms with van der Waals surface area (Å²) in [5, 5.41) is 12.4. The van der Waals surface area contributed by atoms with E-state index in [0.29, 0.717) is 22.7 Å². The molecule has 2 aliphatic rings. The summed E-state index contributed by atoms with van der Waals surface area (Å²) in [6, 6.07) is 8.22. The zero-order valence-corrected chi connectivity index (χ0v) is 18.6. The second-order valence-electron chi connectivity index (χ2n) is 8.00. The number of carbonyl (C=O) groups is 3. The van der Waals surface area contributed by atoms with Gasteiger partial charge in [0.1, 0.15) is 11.7 Å². The molecule has 2 aliphatic heterocycles. The smallest absolute Gasteiger partial charge is 0.343 e. The third-order valence-electron chi connectivity index (χ3n) is 5.96. The van der Waals surface area contributed by atoms with Gasteiger partial charge >= 0.3 is 11.9 Å². The molecule has 0 aliphatic carbocycles. The van der Waals surface area contributed by atoms with Crippen LogP contribution in [0, 0.1) is 0 Å². The van der Waals surface area contributed by atoms with Gasteiger partial charge in [0.2, 0.25) is 5.91 Å². The lowest BCUT2D eigenvalue weighted by atomic mass is 10.0. The van der Waals surface area contributed by atoms with Gasteiger partial charge in [0, 0.05) is 24.3 Å². The van der Waals surface area contributed by atoms with Gasteiger partial charge in [0.25, 0.3) is 0 Å². The first-order valence-electron chi connectivity index (χ1n) is 10.8. The lowest BCUT2D eigenvalue weighted by Gasteiger charge is -2.30. The van der Waals surface area contributed by atoms with Crippen molar-refractivity contribution in [2.24, 2.45) is 0 Å². The highest BCUT2D eigenvalue weighted by Gasteiger charge is 2.37. The molecule has 4 rings (SSSR count). The number of hydrogen-bond donors (Lipinski definition) is 2. The molecule has 1 fully saturated rings. The number of anilines is 2. The van der Waals surface area contributed by atoms with Gasteiger partial charge < -0.3 is 29.5 Å². The summed E-state index contributed by atoms with van der Waals surface area (Å²) in [7, 11) is 2.90. The van der Waals surface area contributed by atoms with Crippen LogP contribution in [0.4, 0.5) is 11.4 Å². The number of nitrogens with zero attached hydrogens (tertiary/aromatic N) is 1. The standard InChI is InChI=1S/C24H26N2O7/c1-31-18-9-7-15-19(33-24(30)21(15)22(18)32-2)13-20(27)25-14-6-8-17(16(12-14)23(28)29)26-10-4-3-5-11-26/h6-9,12,19H,3-5,10-11,13H2,1-2H3,(H,25,27)(H,28,29)/t19-/m0/s1. The zero-order chi connectivity index (χ0) is 23.5. The van der Waals surface area contributed by atoms with Crippen molar-refractivity contribution in [2.75, 3.05) is 37.5 Å². The lowest BCUT2D eigenvalue weighted by molar-refractivity contribution is -0.118. The number of methoxy groups -OCH3 is 2. The summed E-state index contributed by atoms with van der Waals surface area (Å²) in [6.45, 7) is 1.62. The molecule has 0 saturated carbocycles. The second kappa shape index (κ2) is 9.40. The Labute approximate surface area is 191 Å². The van der Waals surface area contributed by atoms with Crippen molar-refractivity contribution in [3.05, 3.63) is 47.0 Å². The van der Waals surface area contributed by atoms with Crippen LogP contribution in [0.5, 0.6) is 11.5 Å². The molecule has 1 amide bonds. The van der Waals surface area contributed by atoms with Gasteiger partial charge in [-0.2, -0.15) is 0 Å². The van der Waals surface area contributed by atoms with Crippen LogP contribution in [0.1, 0.15) is 58.1 Å². The molecule has 9 heteroatoms. The van der Waals surface area contributed by atoms with Gasteiger partial charge in [-0.25, -0.2) is 9.59 Å². The summed E-state index contributed by atoms with van der Waals surface area (Å²) >= 11 is 0. The van der Waals surface area contributed by atoms with Crippen LogP contribution in [-0.4, -0.2) is 50.3 Å². The average molecular weight is 454 g/mol. The quantitative estimate of drug-likeness (QED) is 0.610. The maximum absolute atomic E-state index is 12.7. The number of carboxylic acid groups (broad SMARTS) is 1. The van der Waals surface area contributed by atoms with Crippen molar-refractivity contribution in [1.82, 2.24) is 0 Å². The average Bonchev–Trinajstić information content (AvgIpc) is 3.13. The fourth-order valence-corrected chi connectivity index (χ4v) is 4.40. The van der Waals surface area contributed by atoms with Crippen LogP contribution >= 0.6 is 0 Å². The predicted octanol–water partition coefficient (Wildman–Crippen LogP) is 3.63. The minimum Gasteiger partial charge on any atom is -0.493 e. The number of amides is 1. The highest BCUT2D eigenvalue weighted by molar-refractivity contribution is 6.00. The number of benzene rings is 2. The summed E-state index contributed by atoms with van der Waals surface area (Å²) in [5.74, 6) is -1.38. The van der Waals surface area contributed by atoms with Crippen LogP contribution in [0.3, 0.4) is 0 Å². The van der Waals surface area contributed by atoms with Gasteiger partial charge in [-0.05, 0) is 43.5 Å². The van der Waals surface area contributed by atoms with E-state index in [0.717, 1.165) is 32.4 Å². The molecule has 2 heterocycles. The number of hydrogen-bond acceptors (Lipinski definition) is 7. The van der Waals surface area contributed by atoms with Crippen LogP contribution < -0.4 is 19.7 Å². The number of carboxylic acids is 1. The highest BCUT2D eigenvalue weighted by atomic mass is 16.6. The summed E-state index contributed by atoms with van der Waals surface area (Å²) in [6.07, 6.45) is 2.29. The maximum atomic E-state index is 12.7. The van der Waals surface area contributed by atoms with Gasteiger partial charge in [-0.3, -0.25) is 4.79 Å². The van der Waals surface area contributed by atoms with E-state index >= 15 is 0 Å². The molecule has 0 aromatic heterocycles. The Morgan fingerprint density at radius 1 is 1.12 bits per heavy atom. The molecule has 0 unspecified atom stereocenters. The van der Waals surface area contributed by atoms with E-state index in [1.54, 1.807) is 24.3 Å². The summed E-state index contributed by atoms with van der Waals surface area (Å²) < 4.78 is 15.9. The monoisotopic (exact) mass is 454 g/mol. The van der Waals surface area contributed by atoms with Gasteiger partial charge in [-0.1, -0.05) is 6.07 Å². The number of cyclic esters (lactones) is 1. The molecule has 0 bridgehead atoms. The van der Waals surface area contributed by atoms with E-state index in [4.69, 9.17) is 14.2 Å².